The molecule has 1 aromatic rings. The van der Waals surface area contributed by atoms with E-state index in [-0.39, 0.29) is 11.3 Å². The molecular formula is C15H21NO3S. The molecule has 1 amide bonds. The summed E-state index contributed by atoms with van der Waals surface area (Å²) in [4.78, 5) is 14.0. The fourth-order valence-corrected chi connectivity index (χ4v) is 3.49. The van der Waals surface area contributed by atoms with Gasteiger partial charge in [0, 0.05) is 25.8 Å². The van der Waals surface area contributed by atoms with Gasteiger partial charge >= 0.3 is 0 Å². The lowest BCUT2D eigenvalue weighted by Crippen LogP contribution is -2.39. The van der Waals surface area contributed by atoms with E-state index >= 15 is 0 Å². The molecule has 0 N–H and O–H groups in total. The van der Waals surface area contributed by atoms with Crippen molar-refractivity contribution >= 4 is 17.7 Å². The standard InChI is InChI=1S/C15H21NO3S/c1-3-19-13-6-4-12(5-7-13)15-16(9-10-18-2)14(17)8-11-20-15/h4-7,15H,3,8-11H2,1-2H3. The third-order valence-corrected chi connectivity index (χ3v) is 4.49. The van der Waals surface area contributed by atoms with Crippen molar-refractivity contribution in [2.75, 3.05) is 32.6 Å². The summed E-state index contributed by atoms with van der Waals surface area (Å²) in [5.41, 5.74) is 1.14. The SMILES string of the molecule is CCOc1ccc(C2SCCC(=O)N2CCOC)cc1. The van der Waals surface area contributed by atoms with E-state index in [0.717, 1.165) is 17.1 Å². The molecule has 20 heavy (non-hydrogen) atoms. The van der Waals surface area contributed by atoms with Crippen LogP contribution in [-0.4, -0.2) is 43.4 Å². The summed E-state index contributed by atoms with van der Waals surface area (Å²) in [7, 11) is 1.66. The quantitative estimate of drug-likeness (QED) is 0.809. The van der Waals surface area contributed by atoms with E-state index in [4.69, 9.17) is 9.47 Å². The molecule has 1 fully saturated rings. The minimum atomic E-state index is 0.0853. The monoisotopic (exact) mass is 295 g/mol. The van der Waals surface area contributed by atoms with E-state index in [9.17, 15) is 4.79 Å². The van der Waals surface area contributed by atoms with Gasteiger partial charge in [-0.15, -0.1) is 11.8 Å². The number of ether oxygens (including phenoxy) is 2. The maximum Gasteiger partial charge on any atom is 0.224 e. The average molecular weight is 295 g/mol. The molecule has 4 nitrogen and oxygen atoms in total. The first-order valence-corrected chi connectivity index (χ1v) is 7.94. The molecule has 0 spiro atoms. The maximum absolute atomic E-state index is 12.1. The largest absolute Gasteiger partial charge is 0.494 e. The molecule has 2 rings (SSSR count). The molecule has 0 aliphatic carbocycles. The first kappa shape index (κ1) is 15.2. The van der Waals surface area contributed by atoms with Crippen LogP contribution in [0.15, 0.2) is 24.3 Å². The summed E-state index contributed by atoms with van der Waals surface area (Å²) in [5.74, 6) is 1.95. The van der Waals surface area contributed by atoms with Crippen LogP contribution in [0.5, 0.6) is 5.75 Å². The highest BCUT2D eigenvalue weighted by Crippen LogP contribution is 2.37. The van der Waals surface area contributed by atoms with Crippen molar-refractivity contribution in [3.05, 3.63) is 29.8 Å². The number of methoxy groups -OCH3 is 1. The van der Waals surface area contributed by atoms with Gasteiger partial charge in [0.15, 0.2) is 0 Å². The average Bonchev–Trinajstić information content (AvgIpc) is 2.47. The molecule has 0 saturated carbocycles. The molecule has 1 aliphatic heterocycles. The Morgan fingerprint density at radius 3 is 2.75 bits per heavy atom. The maximum atomic E-state index is 12.1. The molecular weight excluding hydrogens is 274 g/mol. The number of rotatable bonds is 6. The summed E-state index contributed by atoms with van der Waals surface area (Å²) < 4.78 is 10.6. The minimum absolute atomic E-state index is 0.0853. The van der Waals surface area contributed by atoms with Crippen molar-refractivity contribution in [1.29, 1.82) is 0 Å². The first-order chi connectivity index (χ1) is 9.76. The van der Waals surface area contributed by atoms with E-state index in [1.165, 1.54) is 0 Å². The van der Waals surface area contributed by atoms with E-state index in [1.807, 2.05) is 36.1 Å². The van der Waals surface area contributed by atoms with Gasteiger partial charge in [-0.25, -0.2) is 0 Å². The first-order valence-electron chi connectivity index (χ1n) is 6.89. The predicted molar refractivity (Wildman–Crippen MR) is 81.0 cm³/mol. The number of amides is 1. The van der Waals surface area contributed by atoms with Gasteiger partial charge in [0.25, 0.3) is 0 Å². The number of carbonyl (C=O) groups is 1. The molecule has 0 bridgehead atoms. The van der Waals surface area contributed by atoms with Crippen molar-refractivity contribution in [2.24, 2.45) is 0 Å². The molecule has 1 atom stereocenters. The van der Waals surface area contributed by atoms with Crippen molar-refractivity contribution in [2.45, 2.75) is 18.7 Å². The Morgan fingerprint density at radius 2 is 2.10 bits per heavy atom. The summed E-state index contributed by atoms with van der Waals surface area (Å²) in [6.45, 7) is 3.84. The van der Waals surface area contributed by atoms with Crippen LogP contribution in [0.4, 0.5) is 0 Å². The minimum Gasteiger partial charge on any atom is -0.494 e. The van der Waals surface area contributed by atoms with Gasteiger partial charge in [-0.05, 0) is 24.6 Å². The van der Waals surface area contributed by atoms with Crippen molar-refractivity contribution in [3.63, 3.8) is 0 Å². The molecule has 1 aromatic carbocycles. The lowest BCUT2D eigenvalue weighted by atomic mass is 10.2. The predicted octanol–water partition coefficient (Wildman–Crippen LogP) is 2.70. The van der Waals surface area contributed by atoms with E-state index in [0.29, 0.717) is 26.2 Å². The second kappa shape index (κ2) is 7.55. The van der Waals surface area contributed by atoms with Crippen LogP contribution in [0, 0.1) is 0 Å². The fraction of sp³-hybridized carbons (Fsp3) is 0.533. The number of benzene rings is 1. The van der Waals surface area contributed by atoms with Crippen LogP contribution in [-0.2, 0) is 9.53 Å². The molecule has 0 radical (unpaired) electrons. The third-order valence-electron chi connectivity index (χ3n) is 3.21. The zero-order chi connectivity index (χ0) is 14.4. The number of nitrogens with zero attached hydrogens (tertiary/aromatic N) is 1. The van der Waals surface area contributed by atoms with Gasteiger partial charge in [-0.1, -0.05) is 12.1 Å². The Morgan fingerprint density at radius 1 is 1.35 bits per heavy atom. The molecule has 1 unspecified atom stereocenters. The highest BCUT2D eigenvalue weighted by molar-refractivity contribution is 7.99. The number of hydrogen-bond acceptors (Lipinski definition) is 4. The Balaban J connectivity index is 2.12. The lowest BCUT2D eigenvalue weighted by Gasteiger charge is -2.35. The van der Waals surface area contributed by atoms with Crippen LogP contribution < -0.4 is 4.74 Å². The highest BCUT2D eigenvalue weighted by atomic mass is 32.2. The molecule has 1 aliphatic rings. The van der Waals surface area contributed by atoms with Crippen LogP contribution >= 0.6 is 11.8 Å². The van der Waals surface area contributed by atoms with E-state index < -0.39 is 0 Å². The number of carbonyl (C=O) groups excluding carboxylic acids is 1. The topological polar surface area (TPSA) is 38.8 Å². The van der Waals surface area contributed by atoms with Gasteiger partial charge < -0.3 is 14.4 Å². The zero-order valence-electron chi connectivity index (χ0n) is 12.0. The van der Waals surface area contributed by atoms with Gasteiger partial charge in [0.05, 0.1) is 13.2 Å². The summed E-state index contributed by atoms with van der Waals surface area (Å²) in [6.07, 6.45) is 0.613. The van der Waals surface area contributed by atoms with Crippen LogP contribution in [0.25, 0.3) is 0 Å². The molecule has 1 saturated heterocycles. The summed E-state index contributed by atoms with van der Waals surface area (Å²) >= 11 is 1.81. The second-order valence-electron chi connectivity index (χ2n) is 4.56. The fourth-order valence-electron chi connectivity index (χ4n) is 2.23. The zero-order valence-corrected chi connectivity index (χ0v) is 12.8. The number of thioether (sulfide) groups is 1. The van der Waals surface area contributed by atoms with Crippen LogP contribution in [0.3, 0.4) is 0 Å². The van der Waals surface area contributed by atoms with Gasteiger partial charge in [-0.3, -0.25) is 4.79 Å². The van der Waals surface area contributed by atoms with Crippen LogP contribution in [0.2, 0.25) is 0 Å². The Hall–Kier alpha value is -1.20. The molecule has 5 heteroatoms. The lowest BCUT2D eigenvalue weighted by molar-refractivity contribution is -0.132. The van der Waals surface area contributed by atoms with Crippen molar-refractivity contribution < 1.29 is 14.3 Å². The normalized spacial score (nSPS) is 19.2. The van der Waals surface area contributed by atoms with Crippen molar-refractivity contribution in [3.8, 4) is 5.75 Å². The molecule has 110 valence electrons. The Bertz CT molecular complexity index is 435. The van der Waals surface area contributed by atoms with Crippen LogP contribution in [0.1, 0.15) is 24.3 Å². The third kappa shape index (κ3) is 3.67. The second-order valence-corrected chi connectivity index (χ2v) is 5.74. The van der Waals surface area contributed by atoms with E-state index in [1.54, 1.807) is 18.9 Å². The smallest absolute Gasteiger partial charge is 0.224 e. The van der Waals surface area contributed by atoms with Gasteiger partial charge in [0.2, 0.25) is 5.91 Å². The van der Waals surface area contributed by atoms with E-state index in [2.05, 4.69) is 0 Å². The number of hydrogen-bond donors (Lipinski definition) is 0. The summed E-state index contributed by atoms with van der Waals surface area (Å²) in [5, 5.41) is 0.0853. The summed E-state index contributed by atoms with van der Waals surface area (Å²) in [6, 6.07) is 8.02. The molecule has 1 heterocycles. The highest BCUT2D eigenvalue weighted by Gasteiger charge is 2.29. The molecule has 0 aromatic heterocycles. The van der Waals surface area contributed by atoms with Gasteiger partial charge in [-0.2, -0.15) is 0 Å². The Labute approximate surface area is 124 Å². The van der Waals surface area contributed by atoms with Gasteiger partial charge in [0.1, 0.15) is 11.1 Å². The van der Waals surface area contributed by atoms with Crippen molar-refractivity contribution in [1.82, 2.24) is 4.90 Å². The Kier molecular flexibility index (Phi) is 5.73.